The summed E-state index contributed by atoms with van der Waals surface area (Å²) in [4.78, 5) is 18.0. The highest BCUT2D eigenvalue weighted by atomic mass is 79.9. The van der Waals surface area contributed by atoms with Crippen LogP contribution in [0.2, 0.25) is 10.0 Å². The lowest BCUT2D eigenvalue weighted by Gasteiger charge is -2.16. The van der Waals surface area contributed by atoms with Crippen LogP contribution in [0.25, 0.3) is 28.0 Å². The van der Waals surface area contributed by atoms with Crippen molar-refractivity contribution in [3.8, 4) is 17.1 Å². The predicted octanol–water partition coefficient (Wildman–Crippen LogP) is 6.12. The Bertz CT molecular complexity index is 1200. The van der Waals surface area contributed by atoms with E-state index >= 15 is 0 Å². The van der Waals surface area contributed by atoms with Crippen LogP contribution in [0.4, 0.5) is 0 Å². The quantitative estimate of drug-likeness (QED) is 0.372. The normalized spacial score (nSPS) is 11.0. The average Bonchev–Trinajstić information content (AvgIpc) is 2.63. The summed E-state index contributed by atoms with van der Waals surface area (Å²) >= 11 is 16.0. The topological polar surface area (TPSA) is 34.9 Å². The zero-order valence-corrected chi connectivity index (χ0v) is 16.4. The van der Waals surface area contributed by atoms with Gasteiger partial charge < -0.3 is 0 Å². The van der Waals surface area contributed by atoms with Crippen LogP contribution in [0.5, 0.6) is 0 Å². The van der Waals surface area contributed by atoms with E-state index in [0.717, 1.165) is 4.47 Å². The molecule has 0 radical (unpaired) electrons. The van der Waals surface area contributed by atoms with Crippen molar-refractivity contribution in [2.24, 2.45) is 0 Å². The summed E-state index contributed by atoms with van der Waals surface area (Å²) in [7, 11) is 0. The first kappa shape index (κ1) is 17.3. The Morgan fingerprint density at radius 3 is 2.42 bits per heavy atom. The van der Waals surface area contributed by atoms with Crippen LogP contribution >= 0.6 is 39.1 Å². The van der Waals surface area contributed by atoms with E-state index in [9.17, 15) is 4.79 Å². The van der Waals surface area contributed by atoms with Gasteiger partial charge in [-0.05, 0) is 58.4 Å². The van der Waals surface area contributed by atoms with Crippen LogP contribution in [0, 0.1) is 0 Å². The first-order valence-electron chi connectivity index (χ1n) is 7.78. The molecule has 6 heteroatoms. The second-order valence-electron chi connectivity index (χ2n) is 5.67. The Balaban J connectivity index is 2.16. The minimum Gasteiger partial charge on any atom is -0.268 e. The molecule has 3 aromatic carbocycles. The summed E-state index contributed by atoms with van der Waals surface area (Å²) in [6.45, 7) is 0. The standard InChI is InChI=1S/C20H11BrCl2N2O/c21-15-6-2-4-8-18(15)25-19(13-10-9-12(22)11-16(13)23)24-17-7-3-1-5-14(17)20(25)26/h1-11H. The van der Waals surface area contributed by atoms with Gasteiger partial charge in [-0.2, -0.15) is 0 Å². The molecular formula is C20H11BrCl2N2O. The van der Waals surface area contributed by atoms with Crippen molar-refractivity contribution >= 4 is 50.0 Å². The van der Waals surface area contributed by atoms with E-state index in [1.165, 1.54) is 0 Å². The zero-order valence-electron chi connectivity index (χ0n) is 13.3. The van der Waals surface area contributed by atoms with Crippen LogP contribution < -0.4 is 5.56 Å². The lowest BCUT2D eigenvalue weighted by Crippen LogP contribution is -2.22. The Morgan fingerprint density at radius 1 is 0.923 bits per heavy atom. The van der Waals surface area contributed by atoms with E-state index in [-0.39, 0.29) is 5.56 Å². The van der Waals surface area contributed by atoms with Gasteiger partial charge in [0, 0.05) is 15.1 Å². The minimum atomic E-state index is -0.163. The molecule has 0 saturated carbocycles. The molecule has 0 amide bonds. The van der Waals surface area contributed by atoms with E-state index in [1.807, 2.05) is 42.5 Å². The lowest BCUT2D eigenvalue weighted by molar-refractivity contribution is 0.970. The number of hydrogen-bond donors (Lipinski definition) is 0. The molecule has 0 bridgehead atoms. The first-order chi connectivity index (χ1) is 12.6. The summed E-state index contributed by atoms with van der Waals surface area (Å²) in [5.41, 5.74) is 1.77. The van der Waals surface area contributed by atoms with Gasteiger partial charge in [0.1, 0.15) is 5.82 Å². The summed E-state index contributed by atoms with van der Waals surface area (Å²) in [5, 5.41) is 1.49. The fourth-order valence-corrected chi connectivity index (χ4v) is 3.80. The highest BCUT2D eigenvalue weighted by Crippen LogP contribution is 2.32. The molecule has 0 spiro atoms. The average molecular weight is 446 g/mol. The Labute approximate surface area is 168 Å². The molecular weight excluding hydrogens is 435 g/mol. The molecule has 4 rings (SSSR count). The Morgan fingerprint density at radius 2 is 1.65 bits per heavy atom. The third kappa shape index (κ3) is 2.94. The van der Waals surface area contributed by atoms with E-state index in [2.05, 4.69) is 15.9 Å². The largest absolute Gasteiger partial charge is 0.268 e. The maximum atomic E-state index is 13.3. The molecule has 3 nitrogen and oxygen atoms in total. The summed E-state index contributed by atoms with van der Waals surface area (Å²) in [6, 6.07) is 19.9. The molecule has 0 saturated heterocycles. The van der Waals surface area contributed by atoms with Crippen LogP contribution in [-0.4, -0.2) is 9.55 Å². The molecule has 0 atom stereocenters. The van der Waals surface area contributed by atoms with E-state index in [1.54, 1.807) is 28.8 Å². The SMILES string of the molecule is O=c1c2ccccc2nc(-c2ccc(Cl)cc2Cl)n1-c1ccccc1Br. The van der Waals surface area contributed by atoms with Gasteiger partial charge in [-0.1, -0.05) is 47.5 Å². The van der Waals surface area contributed by atoms with Gasteiger partial charge in [-0.3, -0.25) is 9.36 Å². The number of para-hydroxylation sites is 2. The summed E-state index contributed by atoms with van der Waals surface area (Å²) in [6.07, 6.45) is 0. The molecule has 1 aromatic heterocycles. The van der Waals surface area contributed by atoms with Gasteiger partial charge in [0.2, 0.25) is 0 Å². The molecule has 1 heterocycles. The van der Waals surface area contributed by atoms with Crippen LogP contribution in [0.3, 0.4) is 0 Å². The number of halogens is 3. The second kappa shape index (κ2) is 6.88. The first-order valence-corrected chi connectivity index (χ1v) is 9.33. The predicted molar refractivity (Wildman–Crippen MR) is 110 cm³/mol. The van der Waals surface area contributed by atoms with E-state index in [4.69, 9.17) is 28.2 Å². The van der Waals surface area contributed by atoms with Crippen LogP contribution in [-0.2, 0) is 0 Å². The van der Waals surface area contributed by atoms with Crippen molar-refractivity contribution in [1.29, 1.82) is 0 Å². The van der Waals surface area contributed by atoms with Gasteiger partial charge >= 0.3 is 0 Å². The number of aromatic nitrogens is 2. The van der Waals surface area contributed by atoms with Gasteiger partial charge in [-0.15, -0.1) is 0 Å². The molecule has 0 N–H and O–H groups in total. The fourth-order valence-electron chi connectivity index (χ4n) is 2.84. The molecule has 4 aromatic rings. The van der Waals surface area contributed by atoms with Crippen molar-refractivity contribution in [2.75, 3.05) is 0 Å². The molecule has 0 aliphatic rings. The van der Waals surface area contributed by atoms with Crippen LogP contribution in [0.15, 0.2) is 76.0 Å². The van der Waals surface area contributed by atoms with E-state index in [0.29, 0.717) is 38.0 Å². The van der Waals surface area contributed by atoms with Gasteiger partial charge in [-0.25, -0.2) is 4.98 Å². The Kier molecular flexibility index (Phi) is 4.57. The van der Waals surface area contributed by atoms with Gasteiger partial charge in [0.05, 0.1) is 21.6 Å². The summed E-state index contributed by atoms with van der Waals surface area (Å²) in [5.74, 6) is 0.460. The smallest absolute Gasteiger partial charge is 0.266 e. The maximum Gasteiger partial charge on any atom is 0.266 e. The highest BCUT2D eigenvalue weighted by molar-refractivity contribution is 9.10. The fraction of sp³-hybridized carbons (Fsp3) is 0. The van der Waals surface area contributed by atoms with Crippen LogP contribution in [0.1, 0.15) is 0 Å². The van der Waals surface area contributed by atoms with Gasteiger partial charge in [0.25, 0.3) is 5.56 Å². The highest BCUT2D eigenvalue weighted by Gasteiger charge is 2.18. The molecule has 0 aliphatic carbocycles. The van der Waals surface area contributed by atoms with Crippen molar-refractivity contribution in [3.05, 3.63) is 91.6 Å². The lowest BCUT2D eigenvalue weighted by atomic mass is 10.1. The zero-order chi connectivity index (χ0) is 18.3. The minimum absolute atomic E-state index is 0.163. The number of fused-ring (bicyclic) bond motifs is 1. The number of hydrogen-bond acceptors (Lipinski definition) is 2. The molecule has 0 fully saturated rings. The third-order valence-electron chi connectivity index (χ3n) is 4.04. The third-order valence-corrected chi connectivity index (χ3v) is 5.26. The van der Waals surface area contributed by atoms with Gasteiger partial charge in [0.15, 0.2) is 0 Å². The van der Waals surface area contributed by atoms with Crippen molar-refractivity contribution in [3.63, 3.8) is 0 Å². The molecule has 128 valence electrons. The molecule has 0 aliphatic heterocycles. The monoisotopic (exact) mass is 444 g/mol. The van der Waals surface area contributed by atoms with E-state index < -0.39 is 0 Å². The number of benzene rings is 3. The Hall–Kier alpha value is -2.14. The summed E-state index contributed by atoms with van der Waals surface area (Å²) < 4.78 is 2.35. The maximum absolute atomic E-state index is 13.3. The van der Waals surface area contributed by atoms with Crippen molar-refractivity contribution in [2.45, 2.75) is 0 Å². The number of nitrogens with zero attached hydrogens (tertiary/aromatic N) is 2. The molecule has 0 unspecified atom stereocenters. The second-order valence-corrected chi connectivity index (χ2v) is 7.37. The van der Waals surface area contributed by atoms with Crippen molar-refractivity contribution in [1.82, 2.24) is 9.55 Å². The number of rotatable bonds is 2. The molecule has 26 heavy (non-hydrogen) atoms. The van der Waals surface area contributed by atoms with Crippen molar-refractivity contribution < 1.29 is 0 Å².